The highest BCUT2D eigenvalue weighted by atomic mass is 79.9. The van der Waals surface area contributed by atoms with Crippen LogP contribution in [0.4, 0.5) is 5.82 Å². The molecule has 6 heteroatoms. The maximum absolute atomic E-state index is 13.0. The number of hydrogen-bond donors (Lipinski definition) is 1. The number of amides is 1. The van der Waals surface area contributed by atoms with Gasteiger partial charge in [0.25, 0.3) is 0 Å². The molecule has 1 N–H and O–H groups in total. The molecule has 22 heavy (non-hydrogen) atoms. The fraction of sp³-hybridized carbons (Fsp3) is 0.562. The molecule has 0 saturated heterocycles. The molecule has 0 radical (unpaired) electrons. The molecule has 0 aromatic carbocycles. The second kappa shape index (κ2) is 4.87. The Hall–Kier alpha value is -0.750. The molecular formula is C16H18Br2N2O2. The molecular weight excluding hydrogens is 412 g/mol. The summed E-state index contributed by atoms with van der Waals surface area (Å²) in [6, 6.07) is 3.58. The average molecular weight is 430 g/mol. The normalized spacial score (nSPS) is 35.7. The van der Waals surface area contributed by atoms with Gasteiger partial charge in [-0.2, -0.15) is 0 Å². The summed E-state index contributed by atoms with van der Waals surface area (Å²) >= 11 is 6.84. The second-order valence-corrected chi connectivity index (χ2v) is 8.80. The van der Waals surface area contributed by atoms with Crippen LogP contribution < -0.4 is 5.32 Å². The van der Waals surface area contributed by atoms with Gasteiger partial charge in [-0.15, -0.1) is 0 Å². The third kappa shape index (κ3) is 1.77. The van der Waals surface area contributed by atoms with E-state index in [-0.39, 0.29) is 11.7 Å². The first-order valence-electron chi connectivity index (χ1n) is 7.28. The molecule has 2 bridgehead atoms. The number of anilines is 1. The summed E-state index contributed by atoms with van der Waals surface area (Å²) in [6.45, 7) is 6.06. The highest BCUT2D eigenvalue weighted by Gasteiger charge is 2.76. The molecule has 3 atom stereocenters. The highest BCUT2D eigenvalue weighted by Crippen LogP contribution is 2.72. The molecule has 2 fully saturated rings. The lowest BCUT2D eigenvalue weighted by molar-refractivity contribution is -0.130. The summed E-state index contributed by atoms with van der Waals surface area (Å²) < 4.78 is 0.854. The summed E-state index contributed by atoms with van der Waals surface area (Å²) in [5, 5.41) is 2.90. The van der Waals surface area contributed by atoms with E-state index in [4.69, 9.17) is 0 Å². The Labute approximate surface area is 146 Å². The number of ketones is 1. The first kappa shape index (κ1) is 16.1. The van der Waals surface area contributed by atoms with Gasteiger partial charge in [-0.1, -0.05) is 36.7 Å². The smallest absolute Gasteiger partial charge is 0.233 e. The van der Waals surface area contributed by atoms with Gasteiger partial charge in [0, 0.05) is 16.1 Å². The van der Waals surface area contributed by atoms with Crippen molar-refractivity contribution >= 4 is 49.4 Å². The van der Waals surface area contributed by atoms with E-state index in [1.807, 2.05) is 26.8 Å². The second-order valence-electron chi connectivity index (χ2n) is 6.97. The van der Waals surface area contributed by atoms with Crippen molar-refractivity contribution in [2.45, 2.75) is 38.4 Å². The predicted octanol–water partition coefficient (Wildman–Crippen LogP) is 3.94. The van der Waals surface area contributed by atoms with Gasteiger partial charge in [0.15, 0.2) is 5.78 Å². The van der Waals surface area contributed by atoms with Crippen molar-refractivity contribution < 1.29 is 9.59 Å². The Morgan fingerprint density at radius 3 is 2.50 bits per heavy atom. The summed E-state index contributed by atoms with van der Waals surface area (Å²) in [5.74, 6) is 0.525. The monoisotopic (exact) mass is 428 g/mol. The molecule has 2 saturated carbocycles. The number of nitrogens with one attached hydrogen (secondary N) is 1. The van der Waals surface area contributed by atoms with E-state index in [0.717, 1.165) is 10.9 Å². The van der Waals surface area contributed by atoms with Crippen molar-refractivity contribution in [2.75, 3.05) is 5.32 Å². The van der Waals surface area contributed by atoms with Crippen molar-refractivity contribution in [3.8, 4) is 0 Å². The summed E-state index contributed by atoms with van der Waals surface area (Å²) in [4.78, 5) is 29.5. The fourth-order valence-electron chi connectivity index (χ4n) is 4.13. The third-order valence-corrected chi connectivity index (χ3v) is 7.76. The Bertz CT molecular complexity index is 659. The number of rotatable bonds is 2. The molecule has 118 valence electrons. The number of carbonyl (C=O) groups excluding carboxylic acids is 2. The Kier molecular flexibility index (Phi) is 3.57. The number of alkyl halides is 1. The zero-order valence-electron chi connectivity index (χ0n) is 12.7. The van der Waals surface area contributed by atoms with Gasteiger partial charge >= 0.3 is 0 Å². The van der Waals surface area contributed by atoms with Gasteiger partial charge in [0.1, 0.15) is 5.82 Å². The van der Waals surface area contributed by atoms with Crippen LogP contribution in [0.15, 0.2) is 22.8 Å². The molecule has 1 heterocycles. The number of pyridine rings is 1. The maximum Gasteiger partial charge on any atom is 0.233 e. The van der Waals surface area contributed by atoms with Crippen molar-refractivity contribution in [3.05, 3.63) is 22.8 Å². The van der Waals surface area contributed by atoms with Crippen molar-refractivity contribution in [1.29, 1.82) is 0 Å². The van der Waals surface area contributed by atoms with Crippen LogP contribution in [0.3, 0.4) is 0 Å². The SMILES string of the molecule is CC1(C)[C@@]2(C)CC[C@]1(C(=O)Nc1ccc(Br)cn1)[C@H](Br)C2=O. The maximum atomic E-state index is 13.0. The van der Waals surface area contributed by atoms with Crippen molar-refractivity contribution in [2.24, 2.45) is 16.2 Å². The summed E-state index contributed by atoms with van der Waals surface area (Å²) in [5.41, 5.74) is -1.58. The lowest BCUT2D eigenvalue weighted by Gasteiger charge is -2.39. The number of halogens is 2. The lowest BCUT2D eigenvalue weighted by atomic mass is 9.64. The largest absolute Gasteiger partial charge is 0.310 e. The molecule has 3 rings (SSSR count). The van der Waals surface area contributed by atoms with E-state index in [2.05, 4.69) is 42.2 Å². The minimum Gasteiger partial charge on any atom is -0.310 e. The molecule has 1 aromatic rings. The number of hydrogen-bond acceptors (Lipinski definition) is 3. The van der Waals surface area contributed by atoms with Gasteiger partial charge in [-0.05, 0) is 46.3 Å². The van der Waals surface area contributed by atoms with Crippen molar-refractivity contribution in [1.82, 2.24) is 4.98 Å². The summed E-state index contributed by atoms with van der Waals surface area (Å²) in [7, 11) is 0. The number of Topliss-reactive ketones (excluding diaryl/α,β-unsaturated/α-hetero) is 1. The highest BCUT2D eigenvalue weighted by molar-refractivity contribution is 9.10. The average Bonchev–Trinajstić information content (AvgIpc) is 2.74. The predicted molar refractivity (Wildman–Crippen MR) is 91.8 cm³/mol. The topological polar surface area (TPSA) is 59.1 Å². The van der Waals surface area contributed by atoms with Gasteiger partial charge in [-0.25, -0.2) is 4.98 Å². The zero-order valence-corrected chi connectivity index (χ0v) is 15.9. The van der Waals surface area contributed by atoms with Crippen LogP contribution in [0.5, 0.6) is 0 Å². The van der Waals surface area contributed by atoms with E-state index < -0.39 is 21.1 Å². The quantitative estimate of drug-likeness (QED) is 0.724. The molecule has 1 amide bonds. The third-order valence-electron chi connectivity index (χ3n) is 6.09. The number of aromatic nitrogens is 1. The van der Waals surface area contributed by atoms with E-state index >= 15 is 0 Å². The van der Waals surface area contributed by atoms with Gasteiger partial charge < -0.3 is 5.32 Å². The van der Waals surface area contributed by atoms with Gasteiger partial charge in [-0.3, -0.25) is 9.59 Å². The minimum atomic E-state index is -0.729. The van der Waals surface area contributed by atoms with Crippen LogP contribution in [0, 0.1) is 16.2 Å². The standard InChI is InChI=1S/C16H18Br2N2O2/c1-14(2)15(3)6-7-16(14,11(18)12(15)21)13(22)20-10-5-4-9(17)8-19-10/h4-5,8,11H,6-7H2,1-3H3,(H,19,20,22)/t11-,15+,16-/m1/s1. The van der Waals surface area contributed by atoms with Crippen LogP contribution in [0.25, 0.3) is 0 Å². The van der Waals surface area contributed by atoms with Gasteiger partial charge in [0.05, 0.1) is 10.2 Å². The van der Waals surface area contributed by atoms with E-state index in [9.17, 15) is 9.59 Å². The van der Waals surface area contributed by atoms with Crippen LogP contribution in [-0.2, 0) is 9.59 Å². The molecule has 0 aliphatic heterocycles. The summed E-state index contributed by atoms with van der Waals surface area (Å²) in [6.07, 6.45) is 3.10. The lowest BCUT2D eigenvalue weighted by Crippen LogP contribution is -2.48. The Morgan fingerprint density at radius 1 is 1.32 bits per heavy atom. The number of nitrogens with zero attached hydrogens (tertiary/aromatic N) is 1. The van der Waals surface area contributed by atoms with Crippen LogP contribution in [-0.4, -0.2) is 21.5 Å². The number of fused-ring (bicyclic) bond motifs is 2. The molecule has 1 aromatic heterocycles. The minimum absolute atomic E-state index is 0.122. The molecule has 2 aliphatic rings. The Morgan fingerprint density at radius 2 is 2.00 bits per heavy atom. The fourth-order valence-corrected chi connectivity index (χ4v) is 5.88. The van der Waals surface area contributed by atoms with Crippen LogP contribution >= 0.6 is 31.9 Å². The van der Waals surface area contributed by atoms with Crippen molar-refractivity contribution in [3.63, 3.8) is 0 Å². The van der Waals surface area contributed by atoms with Crippen LogP contribution in [0.2, 0.25) is 0 Å². The van der Waals surface area contributed by atoms with Crippen LogP contribution in [0.1, 0.15) is 33.6 Å². The van der Waals surface area contributed by atoms with E-state index in [1.54, 1.807) is 12.3 Å². The van der Waals surface area contributed by atoms with Gasteiger partial charge in [0.2, 0.25) is 5.91 Å². The molecule has 2 aliphatic carbocycles. The first-order valence-corrected chi connectivity index (χ1v) is 8.99. The van der Waals surface area contributed by atoms with E-state index in [1.165, 1.54) is 0 Å². The molecule has 4 nitrogen and oxygen atoms in total. The number of carbonyl (C=O) groups is 2. The first-order chi connectivity index (χ1) is 10.2. The molecule has 0 unspecified atom stereocenters. The zero-order chi connectivity index (χ0) is 16.3. The molecule has 0 spiro atoms. The Balaban J connectivity index is 1.97. The van der Waals surface area contributed by atoms with E-state index in [0.29, 0.717) is 12.2 Å².